The molecule has 2 rings (SSSR count). The molecule has 0 aromatic heterocycles. The largest absolute Gasteiger partial charge is 0.352 e. The summed E-state index contributed by atoms with van der Waals surface area (Å²) in [5.74, 6) is 0.358. The van der Waals surface area contributed by atoms with Gasteiger partial charge in [0, 0.05) is 13.1 Å². The predicted octanol–water partition coefficient (Wildman–Crippen LogP) is -0.194. The van der Waals surface area contributed by atoms with Crippen LogP contribution in [0.5, 0.6) is 0 Å². The highest BCUT2D eigenvalue weighted by Crippen LogP contribution is 2.16. The van der Waals surface area contributed by atoms with Crippen molar-refractivity contribution in [2.45, 2.75) is 18.4 Å². The zero-order valence-corrected chi connectivity index (χ0v) is 12.1. The zero-order chi connectivity index (χ0) is 14.8. The first-order valence-electron chi connectivity index (χ1n) is 6.48. The third kappa shape index (κ3) is 3.56. The third-order valence-electron chi connectivity index (χ3n) is 3.57. The second kappa shape index (κ2) is 5.90. The van der Waals surface area contributed by atoms with Crippen LogP contribution in [0.15, 0.2) is 29.2 Å². The lowest BCUT2D eigenvalue weighted by Gasteiger charge is -2.14. The number of hydrogen-bond donors (Lipinski definition) is 3. The van der Waals surface area contributed by atoms with E-state index in [1.54, 1.807) is 12.1 Å². The molecule has 1 heterocycles. The number of carbonyl (C=O) groups is 1. The first kappa shape index (κ1) is 15.0. The van der Waals surface area contributed by atoms with Crippen molar-refractivity contribution in [3.05, 3.63) is 29.8 Å². The summed E-state index contributed by atoms with van der Waals surface area (Å²) >= 11 is 0. The summed E-state index contributed by atoms with van der Waals surface area (Å²) in [6.07, 6.45) is 0. The van der Waals surface area contributed by atoms with Crippen molar-refractivity contribution in [2.24, 2.45) is 17.0 Å². The molecule has 0 radical (unpaired) electrons. The summed E-state index contributed by atoms with van der Waals surface area (Å²) in [7, 11) is -3.67. The van der Waals surface area contributed by atoms with Crippen molar-refractivity contribution in [2.75, 3.05) is 13.1 Å². The Bertz CT molecular complexity index is 583. The monoisotopic (exact) mass is 297 g/mol. The minimum atomic E-state index is -3.67. The van der Waals surface area contributed by atoms with Crippen molar-refractivity contribution in [1.29, 1.82) is 0 Å². The van der Waals surface area contributed by atoms with Gasteiger partial charge in [-0.25, -0.2) is 13.6 Å². The Morgan fingerprint density at radius 2 is 2.00 bits per heavy atom. The van der Waals surface area contributed by atoms with Gasteiger partial charge >= 0.3 is 0 Å². The molecule has 0 unspecified atom stereocenters. The summed E-state index contributed by atoms with van der Waals surface area (Å²) in [4.78, 5) is 12.1. The van der Waals surface area contributed by atoms with Gasteiger partial charge in [-0.2, -0.15) is 0 Å². The molecule has 1 aromatic rings. The number of nitrogens with one attached hydrogen (secondary N) is 2. The maximum absolute atomic E-state index is 12.0. The first-order chi connectivity index (χ1) is 9.38. The number of amides is 1. The first-order valence-corrected chi connectivity index (χ1v) is 8.03. The molecule has 1 saturated heterocycles. The van der Waals surface area contributed by atoms with E-state index in [4.69, 9.17) is 5.14 Å². The number of sulfonamides is 1. The Labute approximate surface area is 118 Å². The van der Waals surface area contributed by atoms with Crippen LogP contribution in [0.2, 0.25) is 0 Å². The van der Waals surface area contributed by atoms with Gasteiger partial charge in [-0.05, 0) is 30.2 Å². The number of carbonyl (C=O) groups excluding carboxylic acids is 1. The molecule has 1 amide bonds. The summed E-state index contributed by atoms with van der Waals surface area (Å²) in [6, 6.07) is 6.18. The molecule has 20 heavy (non-hydrogen) atoms. The van der Waals surface area contributed by atoms with E-state index < -0.39 is 10.0 Å². The van der Waals surface area contributed by atoms with Gasteiger partial charge in [0.25, 0.3) is 0 Å². The van der Waals surface area contributed by atoms with Crippen LogP contribution in [0.3, 0.4) is 0 Å². The fourth-order valence-corrected chi connectivity index (χ4v) is 2.79. The van der Waals surface area contributed by atoms with Crippen LogP contribution < -0.4 is 15.8 Å². The lowest BCUT2D eigenvalue weighted by molar-refractivity contribution is -0.125. The molecule has 6 nitrogen and oxygen atoms in total. The topological polar surface area (TPSA) is 101 Å². The average molecular weight is 297 g/mol. The molecular weight excluding hydrogens is 278 g/mol. The van der Waals surface area contributed by atoms with Gasteiger partial charge in [0.2, 0.25) is 15.9 Å². The molecule has 1 aliphatic heterocycles. The Kier molecular flexibility index (Phi) is 4.42. The van der Waals surface area contributed by atoms with Crippen molar-refractivity contribution in [1.82, 2.24) is 10.6 Å². The van der Waals surface area contributed by atoms with Gasteiger partial charge in [-0.15, -0.1) is 0 Å². The number of nitrogens with two attached hydrogens (primary N) is 1. The average Bonchev–Trinajstić information content (AvgIpc) is 2.82. The fraction of sp³-hybridized carbons (Fsp3) is 0.462. The standard InChI is InChI=1S/C13H19N3O3S/c1-9-6-15-8-12(9)13(17)16-7-10-2-4-11(5-3-10)20(14,18)19/h2-5,9,12,15H,6-8H2,1H3,(H,16,17)(H2,14,18,19)/t9-,12-/m1/s1. The Morgan fingerprint density at radius 1 is 1.35 bits per heavy atom. The van der Waals surface area contributed by atoms with Crippen LogP contribution >= 0.6 is 0 Å². The SMILES string of the molecule is C[C@@H]1CNC[C@H]1C(=O)NCc1ccc(S(N)(=O)=O)cc1. The molecule has 0 spiro atoms. The molecule has 2 atom stereocenters. The highest BCUT2D eigenvalue weighted by Gasteiger charge is 2.29. The van der Waals surface area contributed by atoms with E-state index in [0.717, 1.165) is 12.1 Å². The number of primary sulfonamides is 1. The second-order valence-corrected chi connectivity index (χ2v) is 6.71. The van der Waals surface area contributed by atoms with E-state index in [2.05, 4.69) is 10.6 Å². The Hall–Kier alpha value is -1.44. The molecule has 4 N–H and O–H groups in total. The van der Waals surface area contributed by atoms with E-state index >= 15 is 0 Å². The normalized spacial score (nSPS) is 22.7. The Morgan fingerprint density at radius 3 is 2.50 bits per heavy atom. The summed E-state index contributed by atoms with van der Waals surface area (Å²) < 4.78 is 22.2. The van der Waals surface area contributed by atoms with Crippen LogP contribution in [0, 0.1) is 11.8 Å². The molecule has 7 heteroatoms. The second-order valence-electron chi connectivity index (χ2n) is 5.15. The van der Waals surface area contributed by atoms with Crippen molar-refractivity contribution in [3.63, 3.8) is 0 Å². The van der Waals surface area contributed by atoms with Gasteiger partial charge in [0.1, 0.15) is 0 Å². The quantitative estimate of drug-likeness (QED) is 0.716. The van der Waals surface area contributed by atoms with Crippen molar-refractivity contribution < 1.29 is 13.2 Å². The number of rotatable bonds is 4. The highest BCUT2D eigenvalue weighted by atomic mass is 32.2. The van der Waals surface area contributed by atoms with E-state index in [1.165, 1.54) is 12.1 Å². The minimum Gasteiger partial charge on any atom is -0.352 e. The molecule has 0 bridgehead atoms. The van der Waals surface area contributed by atoms with Gasteiger partial charge in [0.15, 0.2) is 0 Å². The van der Waals surface area contributed by atoms with Crippen LogP contribution in [0.25, 0.3) is 0 Å². The molecule has 110 valence electrons. The molecule has 1 fully saturated rings. The third-order valence-corrected chi connectivity index (χ3v) is 4.50. The van der Waals surface area contributed by atoms with Crippen molar-refractivity contribution >= 4 is 15.9 Å². The predicted molar refractivity (Wildman–Crippen MR) is 75.2 cm³/mol. The van der Waals surface area contributed by atoms with Crippen LogP contribution in [-0.4, -0.2) is 27.4 Å². The number of hydrogen-bond acceptors (Lipinski definition) is 4. The Balaban J connectivity index is 1.93. The zero-order valence-electron chi connectivity index (χ0n) is 11.3. The van der Waals surface area contributed by atoms with Crippen LogP contribution in [-0.2, 0) is 21.4 Å². The number of benzene rings is 1. The van der Waals surface area contributed by atoms with E-state index in [9.17, 15) is 13.2 Å². The molecule has 0 saturated carbocycles. The smallest absolute Gasteiger partial charge is 0.238 e. The van der Waals surface area contributed by atoms with Crippen LogP contribution in [0.4, 0.5) is 0 Å². The summed E-state index contributed by atoms with van der Waals surface area (Å²) in [5.41, 5.74) is 0.837. The maximum Gasteiger partial charge on any atom is 0.238 e. The van der Waals surface area contributed by atoms with Gasteiger partial charge in [0.05, 0.1) is 10.8 Å². The van der Waals surface area contributed by atoms with Gasteiger partial charge in [-0.3, -0.25) is 4.79 Å². The van der Waals surface area contributed by atoms with E-state index in [-0.39, 0.29) is 16.7 Å². The molecule has 0 aliphatic carbocycles. The molecule has 1 aliphatic rings. The van der Waals surface area contributed by atoms with Crippen molar-refractivity contribution in [3.8, 4) is 0 Å². The van der Waals surface area contributed by atoms with E-state index in [0.29, 0.717) is 19.0 Å². The lowest BCUT2D eigenvalue weighted by atomic mass is 9.97. The molecular formula is C13H19N3O3S. The molecule has 1 aromatic carbocycles. The van der Waals surface area contributed by atoms with Crippen LogP contribution in [0.1, 0.15) is 12.5 Å². The summed E-state index contributed by atoms with van der Waals surface area (Å²) in [6.45, 7) is 4.00. The maximum atomic E-state index is 12.0. The van der Waals surface area contributed by atoms with Gasteiger partial charge in [-0.1, -0.05) is 19.1 Å². The summed E-state index contributed by atoms with van der Waals surface area (Å²) in [5, 5.41) is 11.1. The lowest BCUT2D eigenvalue weighted by Crippen LogP contribution is -2.33. The fourth-order valence-electron chi connectivity index (χ4n) is 2.28. The highest BCUT2D eigenvalue weighted by molar-refractivity contribution is 7.89. The van der Waals surface area contributed by atoms with E-state index in [1.807, 2.05) is 6.92 Å². The minimum absolute atomic E-state index is 0.00121. The van der Waals surface area contributed by atoms with Gasteiger partial charge < -0.3 is 10.6 Å².